The maximum atomic E-state index is 12.9. The number of likely N-dealkylation sites (tertiary alicyclic amines) is 1. The van der Waals surface area contributed by atoms with Crippen molar-refractivity contribution in [3.8, 4) is 5.75 Å². The largest absolute Gasteiger partial charge is 0.493 e. The number of unbranched alkanes of at least 4 members (excludes halogenated alkanes) is 1. The molecule has 2 heterocycles. The van der Waals surface area contributed by atoms with Crippen molar-refractivity contribution < 1.29 is 22.3 Å². The highest BCUT2D eigenvalue weighted by Crippen LogP contribution is 2.35. The van der Waals surface area contributed by atoms with Gasteiger partial charge in [0.15, 0.2) is 0 Å². The molecule has 0 saturated carbocycles. The molecule has 0 amide bonds. The van der Waals surface area contributed by atoms with Gasteiger partial charge in [0.25, 0.3) is 0 Å². The number of rotatable bonds is 7. The van der Waals surface area contributed by atoms with Crippen molar-refractivity contribution in [2.75, 3.05) is 26.2 Å². The van der Waals surface area contributed by atoms with Gasteiger partial charge in [-0.25, -0.2) is 0 Å². The van der Waals surface area contributed by atoms with E-state index in [1.807, 2.05) is 19.1 Å². The molecule has 0 spiro atoms. The Morgan fingerprint density at radius 3 is 2.71 bits per heavy atom. The molecule has 1 aliphatic heterocycles. The first kappa shape index (κ1) is 20.8. The van der Waals surface area contributed by atoms with E-state index in [0.29, 0.717) is 6.61 Å². The van der Waals surface area contributed by atoms with Gasteiger partial charge in [0, 0.05) is 18.4 Å². The van der Waals surface area contributed by atoms with Gasteiger partial charge in [-0.05, 0) is 63.2 Å². The topological polar surface area (TPSA) is 25.6 Å². The average molecular weight is 395 g/mol. The number of piperidine rings is 1. The third kappa shape index (κ3) is 5.31. The number of halogens is 3. The van der Waals surface area contributed by atoms with Crippen LogP contribution in [0.4, 0.5) is 13.2 Å². The lowest BCUT2D eigenvalue weighted by Gasteiger charge is -2.37. The molecule has 1 saturated heterocycles. The normalized spacial score (nSPS) is 21.0. The first-order valence-corrected chi connectivity index (χ1v) is 9.95. The van der Waals surface area contributed by atoms with Crippen LogP contribution in [0.5, 0.6) is 5.75 Å². The summed E-state index contributed by atoms with van der Waals surface area (Å²) in [5, 5.41) is 0. The van der Waals surface area contributed by atoms with Crippen LogP contribution < -0.4 is 4.74 Å². The molecule has 0 aliphatic carbocycles. The zero-order valence-electron chi connectivity index (χ0n) is 16.5. The van der Waals surface area contributed by atoms with Gasteiger partial charge in [0.1, 0.15) is 17.3 Å². The molecule has 0 N–H and O–H groups in total. The van der Waals surface area contributed by atoms with E-state index >= 15 is 0 Å². The Labute approximate surface area is 164 Å². The van der Waals surface area contributed by atoms with Crippen LogP contribution in [0, 0.1) is 12.8 Å². The second kappa shape index (κ2) is 9.03. The number of furan rings is 1. The third-order valence-corrected chi connectivity index (χ3v) is 5.40. The predicted molar refractivity (Wildman–Crippen MR) is 103 cm³/mol. The van der Waals surface area contributed by atoms with E-state index in [-0.39, 0.29) is 17.6 Å². The SMILES string of the molecule is CCCCN1CC[C@H](c2ccc(C)o2)[C@@H](COc2cccc(C(F)(F)F)c2)C1. The highest BCUT2D eigenvalue weighted by molar-refractivity contribution is 5.30. The summed E-state index contributed by atoms with van der Waals surface area (Å²) >= 11 is 0. The van der Waals surface area contributed by atoms with Gasteiger partial charge in [0.2, 0.25) is 0 Å². The second-order valence-electron chi connectivity index (χ2n) is 7.59. The van der Waals surface area contributed by atoms with Crippen molar-refractivity contribution in [3.05, 3.63) is 53.5 Å². The molecule has 1 fully saturated rings. The smallest absolute Gasteiger partial charge is 0.416 e. The van der Waals surface area contributed by atoms with Gasteiger partial charge < -0.3 is 14.1 Å². The number of hydrogen-bond donors (Lipinski definition) is 0. The Hall–Kier alpha value is -1.95. The van der Waals surface area contributed by atoms with E-state index in [9.17, 15) is 13.2 Å². The second-order valence-corrected chi connectivity index (χ2v) is 7.59. The number of nitrogens with zero attached hydrogens (tertiary/aromatic N) is 1. The number of aryl methyl sites for hydroxylation is 1. The number of alkyl halides is 3. The minimum absolute atomic E-state index is 0.172. The molecule has 2 atom stereocenters. The maximum Gasteiger partial charge on any atom is 0.416 e. The summed E-state index contributed by atoms with van der Waals surface area (Å²) in [6.07, 6.45) is -1.11. The van der Waals surface area contributed by atoms with E-state index in [4.69, 9.17) is 9.15 Å². The van der Waals surface area contributed by atoms with Crippen LogP contribution in [0.2, 0.25) is 0 Å². The summed E-state index contributed by atoms with van der Waals surface area (Å²) in [5.41, 5.74) is -0.684. The van der Waals surface area contributed by atoms with Crippen molar-refractivity contribution in [3.63, 3.8) is 0 Å². The van der Waals surface area contributed by atoms with Crippen molar-refractivity contribution in [1.29, 1.82) is 0 Å². The number of benzene rings is 1. The van der Waals surface area contributed by atoms with Gasteiger partial charge in [-0.15, -0.1) is 0 Å². The van der Waals surface area contributed by atoms with E-state index < -0.39 is 11.7 Å². The number of hydrogen-bond acceptors (Lipinski definition) is 3. The molecule has 1 aromatic heterocycles. The van der Waals surface area contributed by atoms with Gasteiger partial charge >= 0.3 is 6.18 Å². The minimum Gasteiger partial charge on any atom is -0.493 e. The van der Waals surface area contributed by atoms with Gasteiger partial charge in [-0.2, -0.15) is 13.2 Å². The Kier molecular flexibility index (Phi) is 6.70. The fraction of sp³-hybridized carbons (Fsp3) is 0.545. The van der Waals surface area contributed by atoms with Crippen LogP contribution in [0.3, 0.4) is 0 Å². The fourth-order valence-electron chi connectivity index (χ4n) is 3.85. The molecule has 1 aliphatic rings. The number of ether oxygens (including phenoxy) is 1. The van der Waals surface area contributed by atoms with Gasteiger partial charge in [-0.3, -0.25) is 0 Å². The van der Waals surface area contributed by atoms with Crippen LogP contribution in [0.15, 0.2) is 40.8 Å². The average Bonchev–Trinajstić information content (AvgIpc) is 3.10. The zero-order chi connectivity index (χ0) is 20.1. The molecule has 2 aromatic rings. The molecular formula is C22H28F3NO2. The summed E-state index contributed by atoms with van der Waals surface area (Å²) < 4.78 is 50.5. The molecule has 6 heteroatoms. The van der Waals surface area contributed by atoms with Crippen molar-refractivity contribution >= 4 is 0 Å². The van der Waals surface area contributed by atoms with Gasteiger partial charge in [-0.1, -0.05) is 19.4 Å². The summed E-state index contributed by atoms with van der Waals surface area (Å²) in [7, 11) is 0. The molecule has 154 valence electrons. The lowest BCUT2D eigenvalue weighted by Crippen LogP contribution is -2.42. The van der Waals surface area contributed by atoms with Crippen LogP contribution >= 0.6 is 0 Å². The highest BCUT2D eigenvalue weighted by Gasteiger charge is 2.33. The summed E-state index contributed by atoms with van der Waals surface area (Å²) in [6.45, 7) is 7.38. The molecule has 0 radical (unpaired) electrons. The van der Waals surface area contributed by atoms with Gasteiger partial charge in [0.05, 0.1) is 12.2 Å². The van der Waals surface area contributed by atoms with Crippen LogP contribution in [0.25, 0.3) is 0 Å². The Balaban J connectivity index is 1.71. The lowest BCUT2D eigenvalue weighted by atomic mass is 9.84. The van der Waals surface area contributed by atoms with Crippen LogP contribution in [0.1, 0.15) is 49.2 Å². The summed E-state index contributed by atoms with van der Waals surface area (Å²) in [5.74, 6) is 2.48. The Morgan fingerprint density at radius 2 is 2.04 bits per heavy atom. The highest BCUT2D eigenvalue weighted by atomic mass is 19.4. The minimum atomic E-state index is -4.37. The quantitative estimate of drug-likeness (QED) is 0.584. The molecule has 3 nitrogen and oxygen atoms in total. The summed E-state index contributed by atoms with van der Waals surface area (Å²) in [6, 6.07) is 9.08. The van der Waals surface area contributed by atoms with E-state index in [0.717, 1.165) is 62.5 Å². The molecular weight excluding hydrogens is 367 g/mol. The lowest BCUT2D eigenvalue weighted by molar-refractivity contribution is -0.137. The first-order valence-electron chi connectivity index (χ1n) is 9.95. The molecule has 1 aromatic carbocycles. The summed E-state index contributed by atoms with van der Waals surface area (Å²) in [4.78, 5) is 2.43. The van der Waals surface area contributed by atoms with Crippen molar-refractivity contribution in [2.45, 2.75) is 45.2 Å². The molecule has 0 unspecified atom stereocenters. The zero-order valence-corrected chi connectivity index (χ0v) is 16.5. The third-order valence-electron chi connectivity index (χ3n) is 5.40. The standard InChI is InChI=1S/C22H28F3NO2/c1-3-4-11-26-12-10-20(21-9-8-16(2)28-21)17(14-26)15-27-19-7-5-6-18(13-19)22(23,24)25/h5-9,13,17,20H,3-4,10-12,14-15H2,1-2H3/t17-,20+/m1/s1. The molecule has 28 heavy (non-hydrogen) atoms. The Morgan fingerprint density at radius 1 is 1.21 bits per heavy atom. The predicted octanol–water partition coefficient (Wildman–Crippen LogP) is 5.89. The van der Waals surface area contributed by atoms with E-state index in [1.165, 1.54) is 6.07 Å². The maximum absolute atomic E-state index is 12.9. The fourth-order valence-corrected chi connectivity index (χ4v) is 3.85. The Bertz CT molecular complexity index is 756. The van der Waals surface area contributed by atoms with Crippen LogP contribution in [-0.4, -0.2) is 31.1 Å². The molecule has 0 bridgehead atoms. The van der Waals surface area contributed by atoms with Crippen molar-refractivity contribution in [2.24, 2.45) is 5.92 Å². The first-order chi connectivity index (χ1) is 13.4. The van der Waals surface area contributed by atoms with Crippen molar-refractivity contribution in [1.82, 2.24) is 4.90 Å². The van der Waals surface area contributed by atoms with E-state index in [1.54, 1.807) is 6.07 Å². The van der Waals surface area contributed by atoms with Crippen LogP contribution in [-0.2, 0) is 6.18 Å². The monoisotopic (exact) mass is 395 g/mol. The molecule has 3 rings (SSSR count). The van der Waals surface area contributed by atoms with E-state index in [2.05, 4.69) is 11.8 Å².